The van der Waals surface area contributed by atoms with Gasteiger partial charge in [-0.2, -0.15) is 5.26 Å². The topological polar surface area (TPSA) is 36.3 Å². The fourth-order valence-corrected chi connectivity index (χ4v) is 1.99. The summed E-state index contributed by atoms with van der Waals surface area (Å²) in [7, 11) is 2.04. The lowest BCUT2D eigenvalue weighted by atomic mass is 10.2. The molecule has 98 valence electrons. The molecule has 0 unspecified atom stereocenters. The molecule has 0 aliphatic heterocycles. The summed E-state index contributed by atoms with van der Waals surface area (Å²) >= 11 is 6.13. The van der Waals surface area contributed by atoms with Crippen molar-refractivity contribution in [1.29, 1.82) is 5.26 Å². The third kappa shape index (κ3) is 4.95. The third-order valence-corrected chi connectivity index (χ3v) is 2.87. The molecule has 0 fully saturated rings. The number of hydrogen-bond donors (Lipinski definition) is 0. The Morgan fingerprint density at radius 3 is 2.83 bits per heavy atom. The number of nitriles is 1. The molecule has 4 heteroatoms. The summed E-state index contributed by atoms with van der Waals surface area (Å²) in [6.07, 6.45) is 1.51. The van der Waals surface area contributed by atoms with Gasteiger partial charge in [0.1, 0.15) is 5.75 Å². The Morgan fingerprint density at radius 2 is 2.22 bits per heavy atom. The molecule has 1 aromatic rings. The Kier molecular flexibility index (Phi) is 6.56. The molecular weight excluding hydrogens is 248 g/mol. The normalized spacial score (nSPS) is 10.4. The lowest BCUT2D eigenvalue weighted by molar-refractivity contribution is 0.322. The van der Waals surface area contributed by atoms with Crippen LogP contribution in [-0.4, -0.2) is 25.1 Å². The maximum Gasteiger partial charge on any atom is 0.137 e. The van der Waals surface area contributed by atoms with E-state index in [1.165, 1.54) is 0 Å². The number of hydrogen-bond acceptors (Lipinski definition) is 3. The summed E-state index contributed by atoms with van der Waals surface area (Å²) < 4.78 is 5.39. The Hall–Kier alpha value is -1.24. The Balaban J connectivity index is 2.52. The summed E-state index contributed by atoms with van der Waals surface area (Å²) in [5, 5.41) is 9.14. The van der Waals surface area contributed by atoms with Gasteiger partial charge in [-0.3, -0.25) is 0 Å². The summed E-state index contributed by atoms with van der Waals surface area (Å²) in [6, 6.07) is 8.02. The minimum Gasteiger partial charge on any atom is -0.492 e. The van der Waals surface area contributed by atoms with Crippen molar-refractivity contribution >= 4 is 11.6 Å². The van der Waals surface area contributed by atoms with Crippen LogP contribution in [0.2, 0.25) is 5.02 Å². The molecule has 0 spiro atoms. The van der Waals surface area contributed by atoms with Gasteiger partial charge < -0.3 is 9.64 Å². The van der Waals surface area contributed by atoms with Crippen LogP contribution < -0.4 is 4.74 Å². The average molecular weight is 267 g/mol. The van der Waals surface area contributed by atoms with E-state index >= 15 is 0 Å². The molecule has 0 saturated heterocycles. The molecule has 0 radical (unpaired) electrons. The second-order valence-corrected chi connectivity index (χ2v) is 4.60. The van der Waals surface area contributed by atoms with Gasteiger partial charge in [0.25, 0.3) is 0 Å². The van der Waals surface area contributed by atoms with Crippen molar-refractivity contribution < 1.29 is 4.74 Å². The Labute approximate surface area is 114 Å². The fourth-order valence-electron chi connectivity index (χ4n) is 1.73. The third-order valence-electron chi connectivity index (χ3n) is 2.58. The van der Waals surface area contributed by atoms with Crippen molar-refractivity contribution in [2.24, 2.45) is 0 Å². The molecule has 0 aliphatic carbocycles. The first kappa shape index (κ1) is 14.8. The minimum atomic E-state index is 0.606. The summed E-state index contributed by atoms with van der Waals surface area (Å²) in [4.78, 5) is 2.18. The number of rotatable bonds is 7. The highest BCUT2D eigenvalue weighted by atomic mass is 35.5. The lowest BCUT2D eigenvalue weighted by Crippen LogP contribution is -2.18. The predicted molar refractivity (Wildman–Crippen MR) is 73.8 cm³/mol. The molecule has 0 saturated carbocycles. The Bertz CT molecular complexity index is 415. The zero-order valence-corrected chi connectivity index (χ0v) is 11.7. The van der Waals surface area contributed by atoms with Gasteiger partial charge in [-0.15, -0.1) is 0 Å². The van der Waals surface area contributed by atoms with Gasteiger partial charge in [0.05, 0.1) is 17.7 Å². The first-order valence-corrected chi connectivity index (χ1v) is 6.52. The van der Waals surface area contributed by atoms with Crippen molar-refractivity contribution in [3.8, 4) is 11.8 Å². The molecule has 0 aliphatic rings. The second-order valence-electron chi connectivity index (χ2n) is 4.20. The first-order chi connectivity index (χ1) is 8.67. The van der Waals surface area contributed by atoms with E-state index in [-0.39, 0.29) is 0 Å². The van der Waals surface area contributed by atoms with Crippen molar-refractivity contribution in [3.63, 3.8) is 0 Å². The van der Waals surface area contributed by atoms with Crippen LogP contribution in [-0.2, 0) is 6.54 Å². The van der Waals surface area contributed by atoms with Crippen LogP contribution in [0.15, 0.2) is 18.2 Å². The van der Waals surface area contributed by atoms with Crippen LogP contribution in [0.4, 0.5) is 0 Å². The maximum absolute atomic E-state index is 8.49. The van der Waals surface area contributed by atoms with E-state index in [9.17, 15) is 0 Å². The average Bonchev–Trinajstić information content (AvgIpc) is 2.33. The SMILES string of the molecule is CCOc1ccc(CN(C)CCCC#N)cc1Cl. The molecule has 0 bridgehead atoms. The van der Waals surface area contributed by atoms with Crippen LogP contribution >= 0.6 is 11.6 Å². The monoisotopic (exact) mass is 266 g/mol. The molecule has 0 heterocycles. The van der Waals surface area contributed by atoms with Gasteiger partial charge in [-0.05, 0) is 44.6 Å². The Morgan fingerprint density at radius 1 is 1.44 bits per heavy atom. The molecule has 0 N–H and O–H groups in total. The van der Waals surface area contributed by atoms with Gasteiger partial charge in [-0.1, -0.05) is 17.7 Å². The van der Waals surface area contributed by atoms with E-state index in [1.54, 1.807) is 0 Å². The quantitative estimate of drug-likeness (QED) is 0.709. The zero-order chi connectivity index (χ0) is 13.4. The van der Waals surface area contributed by atoms with Crippen LogP contribution in [0.3, 0.4) is 0 Å². The maximum atomic E-state index is 8.49. The largest absolute Gasteiger partial charge is 0.492 e. The van der Waals surface area contributed by atoms with Crippen molar-refractivity contribution in [3.05, 3.63) is 28.8 Å². The number of nitrogens with zero attached hydrogens (tertiary/aromatic N) is 2. The van der Waals surface area contributed by atoms with Crippen molar-refractivity contribution in [2.75, 3.05) is 20.2 Å². The molecular formula is C14H19ClN2O. The van der Waals surface area contributed by atoms with Gasteiger partial charge in [0.2, 0.25) is 0 Å². The van der Waals surface area contributed by atoms with E-state index < -0.39 is 0 Å². The number of benzene rings is 1. The molecule has 0 atom stereocenters. The standard InChI is InChI=1S/C14H19ClN2O/c1-3-18-14-7-6-12(10-13(14)15)11-17(2)9-5-4-8-16/h6-7,10H,3-5,9,11H2,1-2H3. The van der Waals surface area contributed by atoms with Crippen LogP contribution in [0.5, 0.6) is 5.75 Å². The fraction of sp³-hybridized carbons (Fsp3) is 0.500. The zero-order valence-electron chi connectivity index (χ0n) is 10.9. The molecule has 1 aromatic carbocycles. The van der Waals surface area contributed by atoms with Crippen LogP contribution in [0, 0.1) is 11.3 Å². The van der Waals surface area contributed by atoms with E-state index in [4.69, 9.17) is 21.6 Å². The number of ether oxygens (including phenoxy) is 1. The van der Waals surface area contributed by atoms with Crippen LogP contribution in [0.1, 0.15) is 25.3 Å². The second kappa shape index (κ2) is 7.97. The smallest absolute Gasteiger partial charge is 0.137 e. The highest BCUT2D eigenvalue weighted by molar-refractivity contribution is 6.32. The minimum absolute atomic E-state index is 0.606. The van der Waals surface area contributed by atoms with E-state index in [0.717, 1.165) is 30.8 Å². The highest BCUT2D eigenvalue weighted by Gasteiger charge is 2.05. The first-order valence-electron chi connectivity index (χ1n) is 6.14. The molecule has 1 rings (SSSR count). The van der Waals surface area contributed by atoms with Crippen molar-refractivity contribution in [2.45, 2.75) is 26.3 Å². The highest BCUT2D eigenvalue weighted by Crippen LogP contribution is 2.25. The number of halogens is 1. The predicted octanol–water partition coefficient (Wildman–Crippen LogP) is 3.47. The summed E-state index contributed by atoms with van der Waals surface area (Å²) in [5.74, 6) is 0.732. The summed E-state index contributed by atoms with van der Waals surface area (Å²) in [6.45, 7) is 4.30. The van der Waals surface area contributed by atoms with Gasteiger partial charge >= 0.3 is 0 Å². The van der Waals surface area contributed by atoms with Crippen molar-refractivity contribution in [1.82, 2.24) is 4.90 Å². The van der Waals surface area contributed by atoms with Gasteiger partial charge in [0, 0.05) is 13.0 Å². The summed E-state index contributed by atoms with van der Waals surface area (Å²) in [5.41, 5.74) is 1.16. The molecule has 3 nitrogen and oxygen atoms in total. The van der Waals surface area contributed by atoms with E-state index in [0.29, 0.717) is 18.1 Å². The van der Waals surface area contributed by atoms with Gasteiger partial charge in [0.15, 0.2) is 0 Å². The molecule has 0 aromatic heterocycles. The molecule has 0 amide bonds. The van der Waals surface area contributed by atoms with Gasteiger partial charge in [-0.25, -0.2) is 0 Å². The van der Waals surface area contributed by atoms with Crippen LogP contribution in [0.25, 0.3) is 0 Å². The molecule has 18 heavy (non-hydrogen) atoms. The number of unbranched alkanes of at least 4 members (excludes halogenated alkanes) is 1. The van der Waals surface area contributed by atoms with E-state index in [2.05, 4.69) is 11.0 Å². The van der Waals surface area contributed by atoms with E-state index in [1.807, 2.05) is 32.2 Å². The lowest BCUT2D eigenvalue weighted by Gasteiger charge is -2.16.